The Morgan fingerprint density at radius 3 is 2.53 bits per heavy atom. The van der Waals surface area contributed by atoms with Crippen LogP contribution in [0, 0.1) is 11.6 Å². The molecule has 0 bridgehead atoms. The minimum Gasteiger partial charge on any atom is -0.368 e. The number of anilines is 1. The Balaban J connectivity index is 2.28. The maximum Gasteiger partial charge on any atom is 0.222 e. The zero-order chi connectivity index (χ0) is 12.4. The Morgan fingerprint density at radius 2 is 1.88 bits per heavy atom. The molecule has 1 aromatic carbocycles. The van der Waals surface area contributed by atoms with E-state index in [1.807, 2.05) is 0 Å². The van der Waals surface area contributed by atoms with Crippen LogP contribution in [0.2, 0.25) is 5.15 Å². The van der Waals surface area contributed by atoms with Crippen molar-refractivity contribution in [3.63, 3.8) is 0 Å². The summed E-state index contributed by atoms with van der Waals surface area (Å²) in [5, 5.41) is 0.663. The van der Waals surface area contributed by atoms with Crippen LogP contribution in [0.1, 0.15) is 0 Å². The van der Waals surface area contributed by atoms with Crippen molar-refractivity contribution in [2.45, 2.75) is 9.92 Å². The molecule has 0 aliphatic rings. The molecule has 0 aliphatic carbocycles. The number of rotatable bonds is 2. The summed E-state index contributed by atoms with van der Waals surface area (Å²) in [6, 6.07) is 5.05. The van der Waals surface area contributed by atoms with Gasteiger partial charge < -0.3 is 5.73 Å². The first-order valence-corrected chi connectivity index (χ1v) is 5.67. The number of hydrogen-bond donors (Lipinski definition) is 1. The molecule has 0 fully saturated rings. The second-order valence-corrected chi connectivity index (χ2v) is 4.55. The lowest BCUT2D eigenvalue weighted by atomic mass is 10.3. The SMILES string of the molecule is Nc1nc(Cl)cc(Sc2ccc(F)c(F)c2)n1. The number of benzene rings is 1. The van der Waals surface area contributed by atoms with Gasteiger partial charge in [0, 0.05) is 11.0 Å². The maximum atomic E-state index is 13.0. The van der Waals surface area contributed by atoms with Crippen molar-refractivity contribution < 1.29 is 8.78 Å². The van der Waals surface area contributed by atoms with Gasteiger partial charge in [-0.25, -0.2) is 18.7 Å². The minimum absolute atomic E-state index is 0.0302. The first-order valence-electron chi connectivity index (χ1n) is 4.47. The summed E-state index contributed by atoms with van der Waals surface area (Å²) in [4.78, 5) is 8.10. The van der Waals surface area contributed by atoms with Crippen LogP contribution in [-0.4, -0.2) is 9.97 Å². The zero-order valence-electron chi connectivity index (χ0n) is 8.32. The van der Waals surface area contributed by atoms with Gasteiger partial charge in [0.2, 0.25) is 5.95 Å². The highest BCUT2D eigenvalue weighted by Crippen LogP contribution is 2.28. The Kier molecular flexibility index (Phi) is 3.44. The maximum absolute atomic E-state index is 13.0. The molecule has 88 valence electrons. The summed E-state index contributed by atoms with van der Waals surface area (Å²) >= 11 is 6.81. The molecular weight excluding hydrogens is 268 g/mol. The molecule has 3 nitrogen and oxygen atoms in total. The van der Waals surface area contributed by atoms with Crippen LogP contribution in [0.4, 0.5) is 14.7 Å². The number of hydrogen-bond acceptors (Lipinski definition) is 4. The smallest absolute Gasteiger partial charge is 0.222 e. The van der Waals surface area contributed by atoms with Gasteiger partial charge in [0.1, 0.15) is 10.2 Å². The average molecular weight is 274 g/mol. The fraction of sp³-hybridized carbons (Fsp3) is 0. The summed E-state index contributed by atoms with van der Waals surface area (Å²) in [6.07, 6.45) is 0. The predicted molar refractivity (Wildman–Crippen MR) is 61.9 cm³/mol. The largest absolute Gasteiger partial charge is 0.368 e. The van der Waals surface area contributed by atoms with Crippen molar-refractivity contribution in [3.05, 3.63) is 41.1 Å². The highest BCUT2D eigenvalue weighted by Gasteiger charge is 2.06. The van der Waals surface area contributed by atoms with Crippen LogP contribution in [-0.2, 0) is 0 Å². The van der Waals surface area contributed by atoms with Crippen molar-refractivity contribution in [2.24, 2.45) is 0 Å². The molecule has 0 aliphatic heterocycles. The molecule has 0 spiro atoms. The van der Waals surface area contributed by atoms with Gasteiger partial charge in [0.05, 0.1) is 0 Å². The molecule has 1 aromatic heterocycles. The van der Waals surface area contributed by atoms with Crippen LogP contribution in [0.15, 0.2) is 34.2 Å². The molecule has 2 rings (SSSR count). The summed E-state index contributed by atoms with van der Waals surface area (Å²) < 4.78 is 25.7. The molecule has 0 unspecified atom stereocenters. The van der Waals surface area contributed by atoms with Gasteiger partial charge in [-0.2, -0.15) is 0 Å². The van der Waals surface area contributed by atoms with E-state index in [2.05, 4.69) is 9.97 Å². The molecule has 0 saturated carbocycles. The standard InChI is InChI=1S/C10H6ClF2N3S/c11-8-4-9(16-10(14)15-8)17-5-1-2-6(12)7(13)3-5/h1-4H,(H2,14,15,16). The van der Waals surface area contributed by atoms with Gasteiger partial charge in [0.15, 0.2) is 11.6 Å². The van der Waals surface area contributed by atoms with E-state index in [1.165, 1.54) is 12.1 Å². The molecule has 17 heavy (non-hydrogen) atoms. The minimum atomic E-state index is -0.914. The number of nitrogen functional groups attached to an aromatic ring is 1. The van der Waals surface area contributed by atoms with Crippen molar-refractivity contribution in [1.29, 1.82) is 0 Å². The van der Waals surface area contributed by atoms with Crippen LogP contribution in [0.3, 0.4) is 0 Å². The van der Waals surface area contributed by atoms with Crippen molar-refractivity contribution in [2.75, 3.05) is 5.73 Å². The van der Waals surface area contributed by atoms with E-state index in [9.17, 15) is 8.78 Å². The number of halogens is 3. The van der Waals surface area contributed by atoms with E-state index in [0.717, 1.165) is 23.9 Å². The second-order valence-electron chi connectivity index (χ2n) is 3.07. The fourth-order valence-corrected chi connectivity index (χ4v) is 2.23. The van der Waals surface area contributed by atoms with Crippen LogP contribution in [0.25, 0.3) is 0 Å². The van der Waals surface area contributed by atoms with Gasteiger partial charge in [-0.15, -0.1) is 0 Å². The number of nitrogens with zero attached hydrogens (tertiary/aromatic N) is 2. The number of aromatic nitrogens is 2. The van der Waals surface area contributed by atoms with Crippen molar-refractivity contribution >= 4 is 29.3 Å². The molecule has 0 amide bonds. The Bertz CT molecular complexity index is 545. The topological polar surface area (TPSA) is 51.8 Å². The lowest BCUT2D eigenvalue weighted by Gasteiger charge is -2.02. The van der Waals surface area contributed by atoms with E-state index in [-0.39, 0.29) is 11.1 Å². The third-order valence-electron chi connectivity index (χ3n) is 1.80. The second kappa shape index (κ2) is 4.85. The van der Waals surface area contributed by atoms with Crippen molar-refractivity contribution in [3.8, 4) is 0 Å². The van der Waals surface area contributed by atoms with Crippen LogP contribution >= 0.6 is 23.4 Å². The molecular formula is C10H6ClF2N3S. The molecule has 0 atom stereocenters. The Hall–Kier alpha value is -1.40. The average Bonchev–Trinajstić information content (AvgIpc) is 2.22. The fourth-order valence-electron chi connectivity index (χ4n) is 1.13. The van der Waals surface area contributed by atoms with E-state index in [4.69, 9.17) is 17.3 Å². The van der Waals surface area contributed by atoms with Gasteiger partial charge in [-0.3, -0.25) is 0 Å². The van der Waals surface area contributed by atoms with Gasteiger partial charge in [0.25, 0.3) is 0 Å². The normalized spacial score (nSPS) is 10.5. The third kappa shape index (κ3) is 3.04. The zero-order valence-corrected chi connectivity index (χ0v) is 9.90. The van der Waals surface area contributed by atoms with E-state index >= 15 is 0 Å². The monoisotopic (exact) mass is 273 g/mol. The van der Waals surface area contributed by atoms with Crippen molar-refractivity contribution in [1.82, 2.24) is 9.97 Å². The summed E-state index contributed by atoms with van der Waals surface area (Å²) in [5.74, 6) is -1.78. The third-order valence-corrected chi connectivity index (χ3v) is 2.90. The summed E-state index contributed by atoms with van der Waals surface area (Å²) in [6.45, 7) is 0. The molecule has 0 radical (unpaired) electrons. The molecule has 7 heteroatoms. The van der Waals surface area contributed by atoms with E-state index < -0.39 is 11.6 Å². The van der Waals surface area contributed by atoms with Crippen LogP contribution in [0.5, 0.6) is 0 Å². The lowest BCUT2D eigenvalue weighted by molar-refractivity contribution is 0.506. The Labute approximate surface area is 105 Å². The van der Waals surface area contributed by atoms with Gasteiger partial charge in [-0.05, 0) is 18.2 Å². The van der Waals surface area contributed by atoms with E-state index in [0.29, 0.717) is 9.92 Å². The molecule has 1 heterocycles. The first-order chi connectivity index (χ1) is 8.04. The highest BCUT2D eigenvalue weighted by molar-refractivity contribution is 7.99. The molecule has 2 aromatic rings. The Morgan fingerprint density at radius 1 is 1.12 bits per heavy atom. The lowest BCUT2D eigenvalue weighted by Crippen LogP contribution is -1.95. The first kappa shape index (κ1) is 12.1. The predicted octanol–water partition coefficient (Wildman–Crippen LogP) is 3.14. The number of nitrogens with two attached hydrogens (primary N) is 1. The van der Waals surface area contributed by atoms with Gasteiger partial charge in [-0.1, -0.05) is 23.4 Å². The molecule has 2 N–H and O–H groups in total. The summed E-state index contributed by atoms with van der Waals surface area (Å²) in [5.41, 5.74) is 5.41. The quantitative estimate of drug-likeness (QED) is 0.854. The van der Waals surface area contributed by atoms with E-state index in [1.54, 1.807) is 0 Å². The van der Waals surface area contributed by atoms with Crippen LogP contribution < -0.4 is 5.73 Å². The highest BCUT2D eigenvalue weighted by atomic mass is 35.5. The molecule has 0 saturated heterocycles. The summed E-state index contributed by atoms with van der Waals surface area (Å²) in [7, 11) is 0. The van der Waals surface area contributed by atoms with Gasteiger partial charge >= 0.3 is 0 Å².